The van der Waals surface area contributed by atoms with E-state index >= 15 is 0 Å². The lowest BCUT2D eigenvalue weighted by atomic mass is 9.87. The van der Waals surface area contributed by atoms with Gasteiger partial charge in [0.25, 0.3) is 0 Å². The van der Waals surface area contributed by atoms with E-state index in [4.69, 9.17) is 0 Å². The van der Waals surface area contributed by atoms with Crippen LogP contribution < -0.4 is 5.32 Å². The number of hydrogen-bond donors (Lipinski definition) is 1. The third kappa shape index (κ3) is 4.18. The van der Waals surface area contributed by atoms with E-state index in [9.17, 15) is 0 Å². The third-order valence-corrected chi connectivity index (χ3v) is 4.96. The maximum absolute atomic E-state index is 4.57. The van der Waals surface area contributed by atoms with Gasteiger partial charge in [-0.1, -0.05) is 25.6 Å². The normalized spacial score (nSPS) is 27.5. The van der Waals surface area contributed by atoms with Crippen LogP contribution in [0.1, 0.15) is 44.5 Å². The van der Waals surface area contributed by atoms with Gasteiger partial charge in [0.15, 0.2) is 5.16 Å². The molecule has 0 spiro atoms. The average molecular weight is 279 g/mol. The Morgan fingerprint density at radius 1 is 1.26 bits per heavy atom. The van der Waals surface area contributed by atoms with E-state index in [2.05, 4.69) is 29.1 Å². The molecule has 1 aliphatic rings. The summed E-state index contributed by atoms with van der Waals surface area (Å²) in [6.45, 7) is 9.68. The zero-order chi connectivity index (χ0) is 13.8. The van der Waals surface area contributed by atoms with Gasteiger partial charge in [-0.05, 0) is 51.6 Å². The Balaban J connectivity index is 2.09. The predicted molar refractivity (Wildman–Crippen MR) is 81.6 cm³/mol. The van der Waals surface area contributed by atoms with E-state index in [1.54, 1.807) is 0 Å². The van der Waals surface area contributed by atoms with Crippen LogP contribution in [-0.4, -0.2) is 27.8 Å². The van der Waals surface area contributed by atoms with Crippen LogP contribution in [0.5, 0.6) is 0 Å². The maximum atomic E-state index is 4.57. The van der Waals surface area contributed by atoms with Crippen LogP contribution in [-0.2, 0) is 0 Å². The van der Waals surface area contributed by atoms with Gasteiger partial charge in [-0.25, -0.2) is 9.97 Å². The van der Waals surface area contributed by atoms with Crippen LogP contribution in [0.2, 0.25) is 0 Å². The maximum Gasteiger partial charge on any atom is 0.188 e. The van der Waals surface area contributed by atoms with Crippen molar-refractivity contribution in [1.82, 2.24) is 15.3 Å². The first-order chi connectivity index (χ1) is 9.08. The highest BCUT2D eigenvalue weighted by atomic mass is 32.2. The third-order valence-electron chi connectivity index (χ3n) is 3.74. The summed E-state index contributed by atoms with van der Waals surface area (Å²) in [7, 11) is 0. The van der Waals surface area contributed by atoms with E-state index in [1.807, 2.05) is 31.7 Å². The fraction of sp³-hybridized carbons (Fsp3) is 0.733. The van der Waals surface area contributed by atoms with Gasteiger partial charge in [0.1, 0.15) is 0 Å². The van der Waals surface area contributed by atoms with E-state index in [-0.39, 0.29) is 0 Å². The fourth-order valence-corrected chi connectivity index (χ4v) is 4.32. The number of aryl methyl sites for hydroxylation is 2. The molecule has 1 aromatic heterocycles. The van der Waals surface area contributed by atoms with E-state index < -0.39 is 0 Å². The molecule has 19 heavy (non-hydrogen) atoms. The second kappa shape index (κ2) is 6.71. The topological polar surface area (TPSA) is 37.8 Å². The Hall–Kier alpha value is -0.610. The molecule has 1 aromatic rings. The summed E-state index contributed by atoms with van der Waals surface area (Å²) in [6.07, 6.45) is 3.87. The predicted octanol–water partition coefficient (Wildman–Crippen LogP) is 3.35. The summed E-state index contributed by atoms with van der Waals surface area (Å²) >= 11 is 1.86. The van der Waals surface area contributed by atoms with Gasteiger partial charge in [0, 0.05) is 22.7 Å². The summed E-state index contributed by atoms with van der Waals surface area (Å²) in [5.74, 6) is 0.818. The van der Waals surface area contributed by atoms with Gasteiger partial charge in [-0.15, -0.1) is 0 Å². The monoisotopic (exact) mass is 279 g/mol. The first kappa shape index (κ1) is 14.8. The van der Waals surface area contributed by atoms with Gasteiger partial charge in [-0.3, -0.25) is 0 Å². The van der Waals surface area contributed by atoms with Gasteiger partial charge in [0.05, 0.1) is 0 Å². The quantitative estimate of drug-likeness (QED) is 0.858. The molecule has 3 nitrogen and oxygen atoms in total. The second-order valence-electron chi connectivity index (χ2n) is 5.67. The van der Waals surface area contributed by atoms with Gasteiger partial charge >= 0.3 is 0 Å². The Bertz CT molecular complexity index is 402. The molecule has 1 aliphatic carbocycles. The Labute approximate surface area is 121 Å². The van der Waals surface area contributed by atoms with Crippen molar-refractivity contribution in [3.63, 3.8) is 0 Å². The number of hydrogen-bond acceptors (Lipinski definition) is 4. The van der Waals surface area contributed by atoms with Crippen molar-refractivity contribution >= 4 is 11.8 Å². The second-order valence-corrected chi connectivity index (χ2v) is 6.88. The molecule has 1 fully saturated rings. The highest BCUT2D eigenvalue weighted by molar-refractivity contribution is 7.99. The molecule has 0 amide bonds. The number of nitrogens with zero attached hydrogens (tertiary/aromatic N) is 2. The summed E-state index contributed by atoms with van der Waals surface area (Å²) in [4.78, 5) is 9.14. The molecule has 1 N–H and O–H groups in total. The highest BCUT2D eigenvalue weighted by Gasteiger charge is 2.29. The van der Waals surface area contributed by atoms with Crippen LogP contribution in [0, 0.1) is 19.8 Å². The van der Waals surface area contributed by atoms with Crippen molar-refractivity contribution in [3.8, 4) is 0 Å². The minimum atomic E-state index is 0.602. The van der Waals surface area contributed by atoms with Crippen LogP contribution in [0.15, 0.2) is 11.2 Å². The van der Waals surface area contributed by atoms with Crippen molar-refractivity contribution in [2.75, 3.05) is 6.54 Å². The van der Waals surface area contributed by atoms with Crippen LogP contribution >= 0.6 is 11.8 Å². The standard InChI is InChI=1S/C15H25N3S/c1-5-16-13-7-6-10(2)8-14(13)19-15-17-11(3)9-12(4)18-15/h9-10,13-14,16H,5-8H2,1-4H3. The number of thioether (sulfide) groups is 1. The fourth-order valence-electron chi connectivity index (χ4n) is 2.84. The minimum absolute atomic E-state index is 0.602. The van der Waals surface area contributed by atoms with Crippen molar-refractivity contribution in [2.45, 2.75) is 63.4 Å². The Kier molecular flexibility index (Phi) is 5.22. The van der Waals surface area contributed by atoms with Gasteiger partial charge < -0.3 is 5.32 Å². The molecule has 0 saturated heterocycles. The molecule has 3 atom stereocenters. The minimum Gasteiger partial charge on any atom is -0.313 e. The highest BCUT2D eigenvalue weighted by Crippen LogP contribution is 2.35. The SMILES string of the molecule is CCNC1CCC(C)CC1Sc1nc(C)cc(C)n1. The molecule has 2 rings (SSSR count). The van der Waals surface area contributed by atoms with Crippen molar-refractivity contribution in [1.29, 1.82) is 0 Å². The van der Waals surface area contributed by atoms with Gasteiger partial charge in [0.2, 0.25) is 0 Å². The first-order valence-corrected chi connectivity index (χ1v) is 8.18. The lowest BCUT2D eigenvalue weighted by Crippen LogP contribution is -2.42. The molecule has 3 unspecified atom stereocenters. The molecule has 0 aliphatic heterocycles. The number of nitrogens with one attached hydrogen (secondary N) is 1. The molecule has 4 heteroatoms. The molecular weight excluding hydrogens is 254 g/mol. The summed E-state index contributed by atoms with van der Waals surface area (Å²) in [5, 5.41) is 5.17. The lowest BCUT2D eigenvalue weighted by Gasteiger charge is -2.34. The molecular formula is C15H25N3S. The zero-order valence-corrected chi connectivity index (χ0v) is 13.3. The summed E-state index contributed by atoms with van der Waals surface area (Å²) in [6, 6.07) is 2.64. The van der Waals surface area contributed by atoms with Gasteiger partial charge in [-0.2, -0.15) is 0 Å². The van der Waals surface area contributed by atoms with Crippen LogP contribution in [0.4, 0.5) is 0 Å². The zero-order valence-electron chi connectivity index (χ0n) is 12.4. The van der Waals surface area contributed by atoms with E-state index in [1.165, 1.54) is 19.3 Å². The van der Waals surface area contributed by atoms with E-state index in [0.717, 1.165) is 29.0 Å². The Morgan fingerprint density at radius 3 is 2.58 bits per heavy atom. The summed E-state index contributed by atoms with van der Waals surface area (Å²) < 4.78 is 0. The molecule has 0 bridgehead atoms. The summed E-state index contributed by atoms with van der Waals surface area (Å²) in [5.41, 5.74) is 2.14. The molecule has 0 radical (unpaired) electrons. The number of rotatable bonds is 4. The molecule has 106 valence electrons. The largest absolute Gasteiger partial charge is 0.313 e. The molecule has 1 saturated carbocycles. The average Bonchev–Trinajstić information content (AvgIpc) is 2.31. The van der Waals surface area contributed by atoms with Crippen molar-refractivity contribution < 1.29 is 0 Å². The van der Waals surface area contributed by atoms with Crippen LogP contribution in [0.3, 0.4) is 0 Å². The number of aromatic nitrogens is 2. The van der Waals surface area contributed by atoms with Crippen LogP contribution in [0.25, 0.3) is 0 Å². The van der Waals surface area contributed by atoms with E-state index in [0.29, 0.717) is 11.3 Å². The lowest BCUT2D eigenvalue weighted by molar-refractivity contribution is 0.320. The van der Waals surface area contributed by atoms with Crippen molar-refractivity contribution in [2.24, 2.45) is 5.92 Å². The Morgan fingerprint density at radius 2 is 1.95 bits per heavy atom. The van der Waals surface area contributed by atoms with Crippen molar-refractivity contribution in [3.05, 3.63) is 17.5 Å². The molecule has 0 aromatic carbocycles. The first-order valence-electron chi connectivity index (χ1n) is 7.30. The smallest absolute Gasteiger partial charge is 0.188 e. The molecule has 1 heterocycles.